The highest BCUT2D eigenvalue weighted by Crippen LogP contribution is 2.31. The van der Waals surface area contributed by atoms with E-state index in [9.17, 15) is 9.90 Å². The van der Waals surface area contributed by atoms with Crippen LogP contribution in [0.3, 0.4) is 0 Å². The number of aliphatic hydroxyl groups excluding tert-OH is 1. The fraction of sp³-hybridized carbons (Fsp3) is 0.387. The normalized spacial score (nSPS) is 18.3. The van der Waals surface area contributed by atoms with E-state index in [1.165, 1.54) is 5.56 Å². The van der Waals surface area contributed by atoms with Gasteiger partial charge in [0.05, 0.1) is 18.2 Å². The number of para-hydroxylation sites is 1. The van der Waals surface area contributed by atoms with E-state index in [1.807, 2.05) is 86.6 Å². The van der Waals surface area contributed by atoms with Crippen molar-refractivity contribution in [2.45, 2.75) is 32.5 Å². The Hall–Kier alpha value is -3.55. The minimum Gasteiger partial charge on any atom is -0.488 e. The Morgan fingerprint density at radius 3 is 2.37 bits per heavy atom. The Morgan fingerprint density at radius 2 is 1.71 bits per heavy atom. The van der Waals surface area contributed by atoms with Crippen molar-refractivity contribution in [1.29, 1.82) is 0 Å². The quantitative estimate of drug-likeness (QED) is 0.436. The number of benzene rings is 3. The number of fused-ring (bicyclic) bond motifs is 1. The van der Waals surface area contributed by atoms with E-state index in [0.29, 0.717) is 24.4 Å². The number of likely N-dealkylation sites (N-methyl/N-ethyl adjacent to an activating group) is 1. The van der Waals surface area contributed by atoms with Crippen LogP contribution in [-0.2, 0) is 6.54 Å². The molecule has 7 nitrogen and oxygen atoms in total. The zero-order valence-electron chi connectivity index (χ0n) is 23.0. The maximum atomic E-state index is 13.5. The van der Waals surface area contributed by atoms with Crippen LogP contribution in [-0.4, -0.2) is 73.8 Å². The van der Waals surface area contributed by atoms with Crippen molar-refractivity contribution in [2.24, 2.45) is 5.92 Å². The molecule has 0 spiro atoms. The van der Waals surface area contributed by atoms with Crippen molar-refractivity contribution in [3.63, 3.8) is 0 Å². The van der Waals surface area contributed by atoms with Gasteiger partial charge in [-0.15, -0.1) is 0 Å². The number of amides is 1. The highest BCUT2D eigenvalue weighted by Gasteiger charge is 2.33. The summed E-state index contributed by atoms with van der Waals surface area (Å²) in [6.45, 7) is 5.85. The Labute approximate surface area is 226 Å². The first kappa shape index (κ1) is 27.5. The number of carbonyl (C=O) groups is 1. The molecule has 0 aliphatic carbocycles. The molecule has 0 aromatic heterocycles. The van der Waals surface area contributed by atoms with Gasteiger partial charge in [0.2, 0.25) is 0 Å². The number of ether oxygens (including phenoxy) is 2. The van der Waals surface area contributed by atoms with E-state index in [-0.39, 0.29) is 30.6 Å². The van der Waals surface area contributed by atoms with Crippen LogP contribution in [0, 0.1) is 5.92 Å². The number of rotatable bonds is 9. The second-order valence-electron chi connectivity index (χ2n) is 10.5. The predicted molar refractivity (Wildman–Crippen MR) is 151 cm³/mol. The first-order valence-corrected chi connectivity index (χ1v) is 13.2. The van der Waals surface area contributed by atoms with Gasteiger partial charge in [-0.1, -0.05) is 37.3 Å². The first-order chi connectivity index (χ1) is 18.2. The number of hydrogen-bond donors (Lipinski definition) is 1. The number of anilines is 1. The van der Waals surface area contributed by atoms with Crippen LogP contribution < -0.4 is 14.4 Å². The molecule has 3 aromatic carbocycles. The number of nitrogens with zero attached hydrogens (tertiary/aromatic N) is 3. The highest BCUT2D eigenvalue weighted by molar-refractivity contribution is 5.98. The molecule has 4 rings (SSSR count). The second-order valence-corrected chi connectivity index (χ2v) is 10.5. The zero-order valence-corrected chi connectivity index (χ0v) is 23.0. The topological polar surface area (TPSA) is 65.5 Å². The molecule has 0 bridgehead atoms. The van der Waals surface area contributed by atoms with E-state index in [1.54, 1.807) is 4.90 Å². The minimum absolute atomic E-state index is 0.0683. The van der Waals surface area contributed by atoms with E-state index < -0.39 is 0 Å². The molecule has 1 amide bonds. The smallest absolute Gasteiger partial charge is 0.258 e. The van der Waals surface area contributed by atoms with Gasteiger partial charge < -0.3 is 24.4 Å². The molecule has 202 valence electrons. The Kier molecular flexibility index (Phi) is 8.92. The summed E-state index contributed by atoms with van der Waals surface area (Å²) < 4.78 is 12.4. The molecule has 3 atom stereocenters. The van der Waals surface area contributed by atoms with Gasteiger partial charge in [-0.3, -0.25) is 9.69 Å². The molecule has 38 heavy (non-hydrogen) atoms. The van der Waals surface area contributed by atoms with Crippen LogP contribution in [0.1, 0.15) is 29.8 Å². The third kappa shape index (κ3) is 6.65. The molecule has 1 aliphatic heterocycles. The van der Waals surface area contributed by atoms with Crippen molar-refractivity contribution < 1.29 is 19.4 Å². The molecule has 1 heterocycles. The van der Waals surface area contributed by atoms with Gasteiger partial charge in [0.15, 0.2) is 0 Å². The summed E-state index contributed by atoms with van der Waals surface area (Å²) in [5.74, 6) is 2.16. The molecular formula is C31H39N3O4. The van der Waals surface area contributed by atoms with Crippen LogP contribution in [0.25, 0.3) is 0 Å². The number of hydrogen-bond acceptors (Lipinski definition) is 6. The Morgan fingerprint density at radius 1 is 1.03 bits per heavy atom. The van der Waals surface area contributed by atoms with Gasteiger partial charge in [0, 0.05) is 45.3 Å². The summed E-state index contributed by atoms with van der Waals surface area (Å²) in [5, 5.41) is 9.87. The fourth-order valence-corrected chi connectivity index (χ4v) is 4.68. The first-order valence-electron chi connectivity index (χ1n) is 13.2. The molecule has 1 aliphatic rings. The number of aliphatic hydroxyl groups is 1. The lowest BCUT2D eigenvalue weighted by atomic mass is 9.99. The van der Waals surface area contributed by atoms with Crippen LogP contribution in [0.2, 0.25) is 0 Å². The van der Waals surface area contributed by atoms with Crippen molar-refractivity contribution in [3.05, 3.63) is 83.9 Å². The molecule has 3 aromatic rings. The monoisotopic (exact) mass is 517 g/mol. The summed E-state index contributed by atoms with van der Waals surface area (Å²) in [6.07, 6.45) is -0.133. The Bertz CT molecular complexity index is 1200. The molecular weight excluding hydrogens is 478 g/mol. The molecule has 7 heteroatoms. The summed E-state index contributed by atoms with van der Waals surface area (Å²) in [4.78, 5) is 19.5. The van der Waals surface area contributed by atoms with E-state index in [0.717, 1.165) is 23.7 Å². The van der Waals surface area contributed by atoms with Crippen LogP contribution >= 0.6 is 0 Å². The SMILES string of the molecule is C[C@@H]1CN([C@H](C)CO)C(=O)c2cc(N(C)C)ccc2O[C@@H]1CN(C)Cc1ccc(Oc2ccccc2)cc1. The standard InChI is InChI=1S/C31H39N3O4/c1-22-18-34(23(2)21-35)31(36)28-17-25(32(3)4)13-16-29(28)38-30(22)20-33(5)19-24-11-14-27(15-12-24)37-26-9-7-6-8-10-26/h6-17,22-23,30,35H,18-21H2,1-5H3/t22-,23-,30-/m1/s1. The highest BCUT2D eigenvalue weighted by atomic mass is 16.5. The van der Waals surface area contributed by atoms with Gasteiger partial charge in [-0.25, -0.2) is 0 Å². The van der Waals surface area contributed by atoms with E-state index in [4.69, 9.17) is 9.47 Å². The minimum atomic E-state index is -0.283. The van der Waals surface area contributed by atoms with Gasteiger partial charge in [0.1, 0.15) is 23.4 Å². The van der Waals surface area contributed by atoms with Gasteiger partial charge in [-0.05, 0) is 62.0 Å². The fourth-order valence-electron chi connectivity index (χ4n) is 4.68. The number of carbonyl (C=O) groups excluding carboxylic acids is 1. The third-order valence-electron chi connectivity index (χ3n) is 7.01. The maximum Gasteiger partial charge on any atom is 0.258 e. The van der Waals surface area contributed by atoms with Crippen LogP contribution in [0.4, 0.5) is 5.69 Å². The summed E-state index contributed by atoms with van der Waals surface area (Å²) in [5.41, 5.74) is 2.64. The van der Waals surface area contributed by atoms with Crippen molar-refractivity contribution in [1.82, 2.24) is 9.80 Å². The van der Waals surface area contributed by atoms with E-state index >= 15 is 0 Å². The van der Waals surface area contributed by atoms with Crippen LogP contribution in [0.5, 0.6) is 17.2 Å². The lowest BCUT2D eigenvalue weighted by Crippen LogP contribution is -2.49. The predicted octanol–water partition coefficient (Wildman–Crippen LogP) is 4.90. The van der Waals surface area contributed by atoms with E-state index in [2.05, 4.69) is 31.0 Å². The molecule has 0 unspecified atom stereocenters. The average molecular weight is 518 g/mol. The molecule has 1 N–H and O–H groups in total. The summed E-state index contributed by atoms with van der Waals surface area (Å²) in [6, 6.07) is 23.4. The van der Waals surface area contributed by atoms with Crippen molar-refractivity contribution >= 4 is 11.6 Å². The molecule has 0 radical (unpaired) electrons. The zero-order chi connectivity index (χ0) is 27.2. The molecule has 0 saturated carbocycles. The van der Waals surface area contributed by atoms with Gasteiger partial charge in [-0.2, -0.15) is 0 Å². The van der Waals surface area contributed by atoms with Crippen molar-refractivity contribution in [3.8, 4) is 17.2 Å². The summed E-state index contributed by atoms with van der Waals surface area (Å²) >= 11 is 0. The third-order valence-corrected chi connectivity index (χ3v) is 7.01. The van der Waals surface area contributed by atoms with Gasteiger partial charge in [0.25, 0.3) is 5.91 Å². The lowest BCUT2D eigenvalue weighted by Gasteiger charge is -2.38. The van der Waals surface area contributed by atoms with Gasteiger partial charge >= 0.3 is 0 Å². The molecule has 0 saturated heterocycles. The average Bonchev–Trinajstić information content (AvgIpc) is 2.91. The molecule has 0 fully saturated rings. The second kappa shape index (κ2) is 12.3. The van der Waals surface area contributed by atoms with Crippen molar-refractivity contribution in [2.75, 3.05) is 45.7 Å². The Balaban J connectivity index is 1.49. The van der Waals surface area contributed by atoms with Crippen LogP contribution in [0.15, 0.2) is 72.8 Å². The maximum absolute atomic E-state index is 13.5. The lowest BCUT2D eigenvalue weighted by molar-refractivity contribution is 0.0341. The summed E-state index contributed by atoms with van der Waals surface area (Å²) in [7, 11) is 5.98. The largest absolute Gasteiger partial charge is 0.488 e.